The summed E-state index contributed by atoms with van der Waals surface area (Å²) in [7, 11) is 0. The van der Waals surface area contributed by atoms with Crippen LogP contribution in [-0.2, 0) is 4.79 Å². The Hall–Kier alpha value is -0.390. The second kappa shape index (κ2) is 5.50. The molecule has 0 fully saturated rings. The molecule has 1 aromatic heterocycles. The van der Waals surface area contributed by atoms with Crippen molar-refractivity contribution in [3.8, 4) is 0 Å². The number of nitrogens with zero attached hydrogens (tertiary/aromatic N) is 1. The van der Waals surface area contributed by atoms with Crippen LogP contribution in [0.1, 0.15) is 38.6 Å². The van der Waals surface area contributed by atoms with Gasteiger partial charge in [-0.25, -0.2) is 0 Å². The predicted octanol–water partition coefficient (Wildman–Crippen LogP) is 3.76. The Morgan fingerprint density at radius 2 is 2.12 bits per heavy atom. The molecule has 0 radical (unpaired) electrons. The van der Waals surface area contributed by atoms with Crippen LogP contribution in [0.25, 0.3) is 0 Å². The lowest BCUT2D eigenvalue weighted by Gasteiger charge is -2.38. The van der Waals surface area contributed by atoms with Crippen LogP contribution in [0.15, 0.2) is 15.9 Å². The highest BCUT2D eigenvalue weighted by Gasteiger charge is 2.29. The maximum atomic E-state index is 10.9. The van der Waals surface area contributed by atoms with Gasteiger partial charge in [-0.3, -0.25) is 9.69 Å². The van der Waals surface area contributed by atoms with Crippen LogP contribution in [-0.4, -0.2) is 28.1 Å². The highest BCUT2D eigenvalue weighted by Crippen LogP contribution is 2.33. The summed E-state index contributed by atoms with van der Waals surface area (Å²) in [6.45, 7) is 8.21. The molecule has 0 aliphatic carbocycles. The van der Waals surface area contributed by atoms with E-state index in [9.17, 15) is 4.79 Å². The lowest BCUT2D eigenvalue weighted by atomic mass is 10.0. The molecule has 5 heteroatoms. The third kappa shape index (κ3) is 4.08. The minimum absolute atomic E-state index is 0.0557. The standard InChI is InChI=1S/C12H18BrNO2S/c1-8(9-5-6-10(13)17-9)14(7-11(15)16)12(2,3)4/h5-6,8H,7H2,1-4H3,(H,15,16). The Labute approximate surface area is 115 Å². The van der Waals surface area contributed by atoms with E-state index in [4.69, 9.17) is 5.11 Å². The fraction of sp³-hybridized carbons (Fsp3) is 0.583. The summed E-state index contributed by atoms with van der Waals surface area (Å²) in [4.78, 5) is 14.1. The molecule has 1 unspecified atom stereocenters. The minimum atomic E-state index is -0.789. The van der Waals surface area contributed by atoms with E-state index in [-0.39, 0.29) is 18.1 Å². The molecule has 0 saturated heterocycles. The lowest BCUT2D eigenvalue weighted by Crippen LogP contribution is -2.45. The second-order valence-electron chi connectivity index (χ2n) is 5.01. The zero-order valence-electron chi connectivity index (χ0n) is 10.5. The molecule has 17 heavy (non-hydrogen) atoms. The molecule has 0 aliphatic rings. The molecule has 1 rings (SSSR count). The summed E-state index contributed by atoms with van der Waals surface area (Å²) >= 11 is 5.08. The van der Waals surface area contributed by atoms with E-state index in [1.807, 2.05) is 44.7 Å². The minimum Gasteiger partial charge on any atom is -0.480 e. The Morgan fingerprint density at radius 3 is 2.47 bits per heavy atom. The molecule has 1 N–H and O–H groups in total. The van der Waals surface area contributed by atoms with Gasteiger partial charge in [-0.1, -0.05) is 0 Å². The van der Waals surface area contributed by atoms with Crippen LogP contribution in [0.5, 0.6) is 0 Å². The molecular weight excluding hydrogens is 302 g/mol. The van der Waals surface area contributed by atoms with Crippen LogP contribution in [0.2, 0.25) is 0 Å². The van der Waals surface area contributed by atoms with Gasteiger partial charge < -0.3 is 5.11 Å². The van der Waals surface area contributed by atoms with Crippen LogP contribution in [0.3, 0.4) is 0 Å². The first-order chi connectivity index (χ1) is 7.71. The third-order valence-corrected chi connectivity index (χ3v) is 4.43. The number of rotatable bonds is 4. The van der Waals surface area contributed by atoms with Crippen molar-refractivity contribution in [2.24, 2.45) is 0 Å². The molecule has 1 atom stereocenters. The van der Waals surface area contributed by atoms with Crippen molar-refractivity contribution < 1.29 is 9.90 Å². The molecule has 1 heterocycles. The van der Waals surface area contributed by atoms with Crippen LogP contribution in [0, 0.1) is 0 Å². The van der Waals surface area contributed by atoms with Crippen molar-refractivity contribution >= 4 is 33.2 Å². The summed E-state index contributed by atoms with van der Waals surface area (Å²) in [5, 5.41) is 9.00. The number of hydrogen-bond acceptors (Lipinski definition) is 3. The molecule has 0 saturated carbocycles. The number of halogens is 1. The number of carbonyl (C=O) groups is 1. The number of thiophene rings is 1. The van der Waals surface area contributed by atoms with Crippen LogP contribution < -0.4 is 0 Å². The largest absolute Gasteiger partial charge is 0.480 e. The van der Waals surface area contributed by atoms with Crippen molar-refractivity contribution in [2.45, 2.75) is 39.3 Å². The first-order valence-corrected chi connectivity index (χ1v) is 7.06. The van der Waals surface area contributed by atoms with Crippen molar-refractivity contribution in [2.75, 3.05) is 6.54 Å². The maximum absolute atomic E-state index is 10.9. The van der Waals surface area contributed by atoms with E-state index < -0.39 is 5.97 Å². The van der Waals surface area contributed by atoms with Gasteiger partial charge in [0.1, 0.15) is 0 Å². The van der Waals surface area contributed by atoms with Crippen LogP contribution >= 0.6 is 27.3 Å². The summed E-state index contributed by atoms with van der Waals surface area (Å²) in [6.07, 6.45) is 0. The Balaban J connectivity index is 2.94. The molecule has 0 aliphatic heterocycles. The number of carboxylic acid groups (broad SMARTS) is 1. The Bertz CT molecular complexity index is 397. The fourth-order valence-electron chi connectivity index (χ4n) is 1.81. The smallest absolute Gasteiger partial charge is 0.317 e. The van der Waals surface area contributed by atoms with Crippen molar-refractivity contribution in [3.05, 3.63) is 20.8 Å². The van der Waals surface area contributed by atoms with E-state index in [0.717, 1.165) is 3.79 Å². The SMILES string of the molecule is CC(c1ccc(Br)s1)N(CC(=O)O)C(C)(C)C. The van der Waals surface area contributed by atoms with E-state index in [2.05, 4.69) is 15.9 Å². The molecule has 0 spiro atoms. The molecule has 1 aromatic rings. The van der Waals surface area contributed by atoms with Gasteiger partial charge in [0.2, 0.25) is 0 Å². The highest BCUT2D eigenvalue weighted by molar-refractivity contribution is 9.11. The fourth-order valence-corrected chi connectivity index (χ4v) is 3.30. The summed E-state index contributed by atoms with van der Waals surface area (Å²) in [5.74, 6) is -0.789. The average molecular weight is 320 g/mol. The van der Waals surface area contributed by atoms with Gasteiger partial charge in [0.05, 0.1) is 10.3 Å². The van der Waals surface area contributed by atoms with Crippen molar-refractivity contribution in [3.63, 3.8) is 0 Å². The quantitative estimate of drug-likeness (QED) is 0.918. The van der Waals surface area contributed by atoms with Crippen LogP contribution in [0.4, 0.5) is 0 Å². The van der Waals surface area contributed by atoms with Gasteiger partial charge >= 0.3 is 5.97 Å². The van der Waals surface area contributed by atoms with Gasteiger partial charge in [-0.2, -0.15) is 0 Å². The maximum Gasteiger partial charge on any atom is 0.317 e. The Kier molecular flexibility index (Phi) is 4.75. The number of aliphatic carboxylic acids is 1. The highest BCUT2D eigenvalue weighted by atomic mass is 79.9. The normalized spacial score (nSPS) is 14.0. The molecular formula is C12H18BrNO2S. The van der Waals surface area contributed by atoms with Crippen molar-refractivity contribution in [1.82, 2.24) is 4.90 Å². The van der Waals surface area contributed by atoms with Gasteiger partial charge in [0.25, 0.3) is 0 Å². The molecule has 0 bridgehead atoms. The topological polar surface area (TPSA) is 40.5 Å². The van der Waals surface area contributed by atoms with Gasteiger partial charge in [-0.05, 0) is 55.8 Å². The first kappa shape index (κ1) is 14.7. The van der Waals surface area contributed by atoms with E-state index in [1.165, 1.54) is 4.88 Å². The third-order valence-electron chi connectivity index (χ3n) is 2.64. The second-order valence-corrected chi connectivity index (χ2v) is 7.50. The Morgan fingerprint density at radius 1 is 1.53 bits per heavy atom. The molecule has 0 aromatic carbocycles. The molecule has 0 amide bonds. The summed E-state index contributed by atoms with van der Waals surface area (Å²) in [5.41, 5.74) is -0.172. The molecule has 96 valence electrons. The van der Waals surface area contributed by atoms with E-state index in [1.54, 1.807) is 11.3 Å². The summed E-state index contributed by atoms with van der Waals surface area (Å²) < 4.78 is 1.07. The number of hydrogen-bond donors (Lipinski definition) is 1. The molecule has 3 nitrogen and oxygen atoms in total. The summed E-state index contributed by atoms with van der Waals surface area (Å²) in [6, 6.07) is 4.14. The van der Waals surface area contributed by atoms with E-state index in [0.29, 0.717) is 0 Å². The zero-order chi connectivity index (χ0) is 13.2. The predicted molar refractivity (Wildman–Crippen MR) is 74.5 cm³/mol. The number of carboxylic acids is 1. The van der Waals surface area contributed by atoms with E-state index >= 15 is 0 Å². The monoisotopic (exact) mass is 319 g/mol. The van der Waals surface area contributed by atoms with Crippen molar-refractivity contribution in [1.29, 1.82) is 0 Å². The van der Waals surface area contributed by atoms with Gasteiger partial charge in [0.15, 0.2) is 0 Å². The van der Waals surface area contributed by atoms with Gasteiger partial charge in [-0.15, -0.1) is 11.3 Å². The first-order valence-electron chi connectivity index (χ1n) is 5.45. The lowest BCUT2D eigenvalue weighted by molar-refractivity contribution is -0.140. The zero-order valence-corrected chi connectivity index (χ0v) is 12.9. The average Bonchev–Trinajstić information content (AvgIpc) is 2.58. The van der Waals surface area contributed by atoms with Gasteiger partial charge in [0, 0.05) is 16.5 Å².